The predicted molar refractivity (Wildman–Crippen MR) is 78.9 cm³/mol. The molecule has 0 aliphatic heterocycles. The number of carbonyl (C=O) groups excluding carboxylic acids is 1. The van der Waals surface area contributed by atoms with Gasteiger partial charge in [-0.05, 0) is 18.3 Å². The fourth-order valence-corrected chi connectivity index (χ4v) is 1.92. The molecule has 0 saturated heterocycles. The molecule has 4 N–H and O–H groups in total. The Balaban J connectivity index is 2.36. The molecule has 118 valence electrons. The maximum absolute atomic E-state index is 11.9. The number of hydrogen-bond acceptors (Lipinski definition) is 4. The van der Waals surface area contributed by atoms with Gasteiger partial charge in [-0.2, -0.15) is 0 Å². The van der Waals surface area contributed by atoms with Gasteiger partial charge in [0.25, 0.3) is 5.91 Å². The molecular formula is C14H24N4O3. The van der Waals surface area contributed by atoms with Gasteiger partial charge < -0.3 is 20.7 Å². The minimum absolute atomic E-state index is 0.120. The molecule has 0 unspecified atom stereocenters. The topological polar surface area (TPSA) is 110 Å². The Bertz CT molecular complexity index is 482. The van der Waals surface area contributed by atoms with E-state index < -0.39 is 5.97 Å². The second-order valence-electron chi connectivity index (χ2n) is 5.85. The number of carboxylic acids is 1. The molecule has 1 rings (SSSR count). The van der Waals surface area contributed by atoms with Crippen LogP contribution in [-0.2, 0) is 11.3 Å². The molecule has 1 aromatic heterocycles. The van der Waals surface area contributed by atoms with Crippen molar-refractivity contribution in [3.8, 4) is 0 Å². The van der Waals surface area contributed by atoms with Crippen molar-refractivity contribution in [2.45, 2.75) is 39.7 Å². The molecular weight excluding hydrogens is 272 g/mol. The molecule has 0 spiro atoms. The molecule has 0 aliphatic rings. The van der Waals surface area contributed by atoms with Crippen molar-refractivity contribution in [3.05, 3.63) is 18.2 Å². The second kappa shape index (κ2) is 7.78. The predicted octanol–water partition coefficient (Wildman–Crippen LogP) is 0.853. The number of aliphatic carboxylic acids is 1. The minimum atomic E-state index is -0.794. The molecule has 0 fully saturated rings. The molecule has 21 heavy (non-hydrogen) atoms. The summed E-state index contributed by atoms with van der Waals surface area (Å²) in [6.07, 6.45) is 4.69. The number of aromatic nitrogens is 2. The van der Waals surface area contributed by atoms with E-state index >= 15 is 0 Å². The van der Waals surface area contributed by atoms with Crippen LogP contribution >= 0.6 is 0 Å². The van der Waals surface area contributed by atoms with Crippen LogP contribution in [0.15, 0.2) is 12.5 Å². The van der Waals surface area contributed by atoms with Gasteiger partial charge in [0.2, 0.25) is 0 Å². The van der Waals surface area contributed by atoms with E-state index in [1.54, 1.807) is 17.1 Å². The summed E-state index contributed by atoms with van der Waals surface area (Å²) in [6, 6.07) is 0. The Morgan fingerprint density at radius 1 is 1.43 bits per heavy atom. The summed E-state index contributed by atoms with van der Waals surface area (Å²) < 4.78 is 1.77. The molecule has 1 amide bonds. The Labute approximate surface area is 124 Å². The summed E-state index contributed by atoms with van der Waals surface area (Å²) in [5.74, 6) is -1.02. The van der Waals surface area contributed by atoms with Crippen molar-refractivity contribution in [2.24, 2.45) is 11.1 Å². The smallest absolute Gasteiger partial charge is 0.303 e. The van der Waals surface area contributed by atoms with Gasteiger partial charge in [-0.25, -0.2) is 4.98 Å². The van der Waals surface area contributed by atoms with Crippen molar-refractivity contribution in [2.75, 3.05) is 13.1 Å². The highest BCUT2D eigenvalue weighted by molar-refractivity contribution is 5.91. The minimum Gasteiger partial charge on any atom is -0.481 e. The largest absolute Gasteiger partial charge is 0.481 e. The normalized spacial score (nSPS) is 11.4. The van der Waals surface area contributed by atoms with Gasteiger partial charge in [-0.3, -0.25) is 9.59 Å². The number of amides is 1. The van der Waals surface area contributed by atoms with Crippen molar-refractivity contribution < 1.29 is 14.7 Å². The molecule has 0 bridgehead atoms. The van der Waals surface area contributed by atoms with Crippen LogP contribution in [0.4, 0.5) is 0 Å². The van der Waals surface area contributed by atoms with Crippen molar-refractivity contribution in [1.29, 1.82) is 0 Å². The number of rotatable bonds is 9. The van der Waals surface area contributed by atoms with E-state index in [0.29, 0.717) is 31.7 Å². The standard InChI is InChI=1S/C14H24N4O3/c1-14(2,4-3-12(19)20)5-7-16-13(21)11-9-18(8-6-15)10-17-11/h9-10H,3-8,15H2,1-2H3,(H,16,21)(H,19,20). The molecule has 7 heteroatoms. The summed E-state index contributed by atoms with van der Waals surface area (Å²) in [5, 5.41) is 11.5. The third-order valence-electron chi connectivity index (χ3n) is 3.36. The van der Waals surface area contributed by atoms with Crippen LogP contribution < -0.4 is 11.1 Å². The first-order valence-electron chi connectivity index (χ1n) is 7.06. The first-order chi connectivity index (χ1) is 9.84. The van der Waals surface area contributed by atoms with Crippen molar-refractivity contribution >= 4 is 11.9 Å². The number of nitrogens with zero attached hydrogens (tertiary/aromatic N) is 2. The van der Waals surface area contributed by atoms with E-state index in [-0.39, 0.29) is 17.7 Å². The zero-order chi connectivity index (χ0) is 15.9. The Morgan fingerprint density at radius 3 is 2.76 bits per heavy atom. The van der Waals surface area contributed by atoms with E-state index in [1.807, 2.05) is 13.8 Å². The molecule has 0 aliphatic carbocycles. The van der Waals surface area contributed by atoms with Crippen molar-refractivity contribution in [1.82, 2.24) is 14.9 Å². The molecule has 0 aromatic carbocycles. The van der Waals surface area contributed by atoms with Crippen LogP contribution in [0.1, 0.15) is 43.6 Å². The third-order valence-corrected chi connectivity index (χ3v) is 3.36. The monoisotopic (exact) mass is 296 g/mol. The summed E-state index contributed by atoms with van der Waals surface area (Å²) in [6.45, 7) is 5.61. The highest BCUT2D eigenvalue weighted by atomic mass is 16.4. The Kier molecular flexibility index (Phi) is 6.36. The van der Waals surface area contributed by atoms with Gasteiger partial charge in [0.05, 0.1) is 6.33 Å². The molecule has 1 heterocycles. The zero-order valence-corrected chi connectivity index (χ0v) is 12.6. The van der Waals surface area contributed by atoms with Crippen molar-refractivity contribution in [3.63, 3.8) is 0 Å². The average Bonchev–Trinajstić information content (AvgIpc) is 2.85. The van der Waals surface area contributed by atoms with E-state index in [0.717, 1.165) is 6.42 Å². The van der Waals surface area contributed by atoms with Crippen LogP contribution in [0.25, 0.3) is 0 Å². The highest BCUT2D eigenvalue weighted by Gasteiger charge is 2.19. The Hall–Kier alpha value is -1.89. The lowest BCUT2D eigenvalue weighted by Gasteiger charge is -2.23. The van der Waals surface area contributed by atoms with E-state index in [1.165, 1.54) is 0 Å². The SMILES string of the molecule is CC(C)(CCNC(=O)c1cn(CCN)cn1)CCC(=O)O. The van der Waals surface area contributed by atoms with Crippen LogP contribution in [0.3, 0.4) is 0 Å². The number of nitrogens with one attached hydrogen (secondary N) is 1. The number of carbonyl (C=O) groups is 2. The molecule has 0 radical (unpaired) electrons. The van der Waals surface area contributed by atoms with Crippen LogP contribution in [0.2, 0.25) is 0 Å². The van der Waals surface area contributed by atoms with Gasteiger partial charge in [-0.1, -0.05) is 13.8 Å². The van der Waals surface area contributed by atoms with Crippen LogP contribution in [-0.4, -0.2) is 39.6 Å². The van der Waals surface area contributed by atoms with Gasteiger partial charge >= 0.3 is 5.97 Å². The fourth-order valence-electron chi connectivity index (χ4n) is 1.92. The van der Waals surface area contributed by atoms with Crippen LogP contribution in [0, 0.1) is 5.41 Å². The second-order valence-corrected chi connectivity index (χ2v) is 5.85. The summed E-state index contributed by atoms with van der Waals surface area (Å²) >= 11 is 0. The molecule has 0 saturated carbocycles. The van der Waals surface area contributed by atoms with Gasteiger partial charge in [0, 0.05) is 32.3 Å². The number of nitrogens with two attached hydrogens (primary N) is 1. The maximum Gasteiger partial charge on any atom is 0.303 e. The number of carboxylic acid groups (broad SMARTS) is 1. The summed E-state index contributed by atoms with van der Waals surface area (Å²) in [7, 11) is 0. The average molecular weight is 296 g/mol. The Morgan fingerprint density at radius 2 is 2.14 bits per heavy atom. The number of imidazole rings is 1. The first-order valence-corrected chi connectivity index (χ1v) is 7.06. The molecule has 1 aromatic rings. The van der Waals surface area contributed by atoms with Gasteiger partial charge in [0.15, 0.2) is 0 Å². The summed E-state index contributed by atoms with van der Waals surface area (Å²) in [5.41, 5.74) is 5.68. The third kappa shape index (κ3) is 6.40. The van der Waals surface area contributed by atoms with Crippen LogP contribution in [0.5, 0.6) is 0 Å². The number of hydrogen-bond donors (Lipinski definition) is 3. The quantitative estimate of drug-likeness (QED) is 0.626. The van der Waals surface area contributed by atoms with Gasteiger partial charge in [0.1, 0.15) is 5.69 Å². The molecule has 0 atom stereocenters. The lowest BCUT2D eigenvalue weighted by Crippen LogP contribution is -2.28. The summed E-state index contributed by atoms with van der Waals surface area (Å²) in [4.78, 5) is 26.5. The fraction of sp³-hybridized carbons (Fsp3) is 0.643. The lowest BCUT2D eigenvalue weighted by molar-refractivity contribution is -0.137. The zero-order valence-electron chi connectivity index (χ0n) is 12.6. The van der Waals surface area contributed by atoms with Gasteiger partial charge in [-0.15, -0.1) is 0 Å². The highest BCUT2D eigenvalue weighted by Crippen LogP contribution is 2.25. The van der Waals surface area contributed by atoms with E-state index in [2.05, 4.69) is 10.3 Å². The van der Waals surface area contributed by atoms with E-state index in [4.69, 9.17) is 10.8 Å². The van der Waals surface area contributed by atoms with E-state index in [9.17, 15) is 9.59 Å². The first kappa shape index (κ1) is 17.2. The maximum atomic E-state index is 11.9. The lowest BCUT2D eigenvalue weighted by atomic mass is 9.84. The molecule has 7 nitrogen and oxygen atoms in total.